The summed E-state index contributed by atoms with van der Waals surface area (Å²) < 4.78 is 4.98. The average molecular weight is 212 g/mol. The fraction of sp³-hybridized carbons (Fsp3) is 0.818. The smallest absolute Gasteiger partial charge is 0.323 e. The second kappa shape index (κ2) is 7.24. The van der Waals surface area contributed by atoms with Crippen LogP contribution in [0.15, 0.2) is 0 Å². The maximum atomic E-state index is 11.6. The van der Waals surface area contributed by atoms with Gasteiger partial charge >= 0.3 is 5.97 Å². The molecular weight excluding hydrogens is 192 g/mol. The second-order valence-electron chi connectivity index (χ2n) is 3.55. The third-order valence-corrected chi connectivity index (χ3v) is 2.52. The standard InChI is InChI=1S/C11H20N2O2/c1-5-10(11(14)15-6-2)13(4)9(3)7-8-12/h9-10H,5-7H2,1-4H3. The van der Waals surface area contributed by atoms with Gasteiger partial charge in [-0.25, -0.2) is 0 Å². The number of carbonyl (C=O) groups excluding carboxylic acids is 1. The van der Waals surface area contributed by atoms with E-state index in [0.717, 1.165) is 0 Å². The molecule has 0 spiro atoms. The van der Waals surface area contributed by atoms with Crippen molar-refractivity contribution in [2.75, 3.05) is 13.7 Å². The van der Waals surface area contributed by atoms with Crippen molar-refractivity contribution in [1.29, 1.82) is 5.26 Å². The number of ether oxygens (including phenoxy) is 1. The van der Waals surface area contributed by atoms with Gasteiger partial charge in [0, 0.05) is 6.04 Å². The van der Waals surface area contributed by atoms with Gasteiger partial charge in [-0.1, -0.05) is 6.92 Å². The number of hydrogen-bond donors (Lipinski definition) is 0. The van der Waals surface area contributed by atoms with Crippen LogP contribution in [0, 0.1) is 11.3 Å². The normalized spacial score (nSPS) is 14.4. The Morgan fingerprint density at radius 1 is 1.53 bits per heavy atom. The Kier molecular flexibility index (Phi) is 6.72. The zero-order valence-electron chi connectivity index (χ0n) is 9.99. The van der Waals surface area contributed by atoms with Crippen molar-refractivity contribution in [3.63, 3.8) is 0 Å². The first-order chi connectivity index (χ1) is 7.08. The lowest BCUT2D eigenvalue weighted by Crippen LogP contribution is -2.44. The van der Waals surface area contributed by atoms with Gasteiger partial charge in [0.1, 0.15) is 6.04 Å². The minimum Gasteiger partial charge on any atom is -0.465 e. The Bertz CT molecular complexity index is 235. The third-order valence-electron chi connectivity index (χ3n) is 2.52. The van der Waals surface area contributed by atoms with Crippen LogP contribution in [0.2, 0.25) is 0 Å². The summed E-state index contributed by atoms with van der Waals surface area (Å²) >= 11 is 0. The molecule has 86 valence electrons. The van der Waals surface area contributed by atoms with Crippen molar-refractivity contribution >= 4 is 5.97 Å². The quantitative estimate of drug-likeness (QED) is 0.627. The number of nitrogens with zero attached hydrogens (tertiary/aromatic N) is 2. The monoisotopic (exact) mass is 212 g/mol. The van der Waals surface area contributed by atoms with E-state index in [1.54, 1.807) is 6.92 Å². The van der Waals surface area contributed by atoms with Gasteiger partial charge in [-0.15, -0.1) is 0 Å². The van der Waals surface area contributed by atoms with Crippen molar-refractivity contribution < 1.29 is 9.53 Å². The molecule has 0 amide bonds. The molecule has 0 fully saturated rings. The molecule has 0 aromatic rings. The molecule has 2 unspecified atom stereocenters. The molecule has 2 atom stereocenters. The molecule has 0 N–H and O–H groups in total. The van der Waals surface area contributed by atoms with Crippen molar-refractivity contribution in [2.45, 2.75) is 45.7 Å². The Hall–Kier alpha value is -1.08. The number of nitriles is 1. The molecule has 0 saturated carbocycles. The lowest BCUT2D eigenvalue weighted by Gasteiger charge is -2.29. The third kappa shape index (κ3) is 4.30. The topological polar surface area (TPSA) is 53.3 Å². The molecule has 4 nitrogen and oxygen atoms in total. The molecule has 0 aromatic carbocycles. The average Bonchev–Trinajstić information content (AvgIpc) is 2.19. The molecule has 0 radical (unpaired) electrons. The minimum absolute atomic E-state index is 0.0735. The molecule has 4 heteroatoms. The molecule has 0 saturated heterocycles. The highest BCUT2D eigenvalue weighted by Gasteiger charge is 2.25. The molecular formula is C11H20N2O2. The summed E-state index contributed by atoms with van der Waals surface area (Å²) in [5.41, 5.74) is 0. The van der Waals surface area contributed by atoms with Gasteiger partial charge in [-0.05, 0) is 27.3 Å². The van der Waals surface area contributed by atoms with E-state index in [2.05, 4.69) is 6.07 Å². The van der Waals surface area contributed by atoms with E-state index < -0.39 is 0 Å². The molecule has 0 aliphatic carbocycles. The van der Waals surface area contributed by atoms with Gasteiger partial charge in [0.25, 0.3) is 0 Å². The van der Waals surface area contributed by atoms with Crippen LogP contribution < -0.4 is 0 Å². The maximum Gasteiger partial charge on any atom is 0.323 e. The summed E-state index contributed by atoms with van der Waals surface area (Å²) in [4.78, 5) is 13.5. The number of rotatable bonds is 6. The molecule has 0 rings (SSSR count). The van der Waals surface area contributed by atoms with E-state index in [4.69, 9.17) is 10.00 Å². The summed E-state index contributed by atoms with van der Waals surface area (Å²) in [6.45, 7) is 6.07. The Morgan fingerprint density at radius 3 is 2.53 bits per heavy atom. The van der Waals surface area contributed by atoms with Crippen LogP contribution in [0.25, 0.3) is 0 Å². The second-order valence-corrected chi connectivity index (χ2v) is 3.55. The fourth-order valence-corrected chi connectivity index (χ4v) is 1.44. The maximum absolute atomic E-state index is 11.6. The number of hydrogen-bond acceptors (Lipinski definition) is 4. The van der Waals surface area contributed by atoms with E-state index >= 15 is 0 Å². The van der Waals surface area contributed by atoms with Crippen LogP contribution in [0.4, 0.5) is 0 Å². The number of carbonyl (C=O) groups is 1. The van der Waals surface area contributed by atoms with Gasteiger partial charge in [-0.3, -0.25) is 9.69 Å². The SMILES string of the molecule is CCOC(=O)C(CC)N(C)C(C)CC#N. The van der Waals surface area contributed by atoms with Crippen molar-refractivity contribution in [1.82, 2.24) is 4.90 Å². The summed E-state index contributed by atoms with van der Waals surface area (Å²) in [5.74, 6) is -0.202. The first-order valence-corrected chi connectivity index (χ1v) is 5.33. The van der Waals surface area contributed by atoms with Crippen LogP contribution in [-0.4, -0.2) is 36.6 Å². The fourth-order valence-electron chi connectivity index (χ4n) is 1.44. The lowest BCUT2D eigenvalue weighted by atomic mass is 10.1. The van der Waals surface area contributed by atoms with Crippen molar-refractivity contribution in [3.05, 3.63) is 0 Å². The molecule has 0 aliphatic heterocycles. The summed E-state index contributed by atoms with van der Waals surface area (Å²) in [6.07, 6.45) is 1.12. The van der Waals surface area contributed by atoms with E-state index in [-0.39, 0.29) is 18.1 Å². The molecule has 0 heterocycles. The van der Waals surface area contributed by atoms with Crippen LogP contribution in [0.5, 0.6) is 0 Å². The number of esters is 1. The summed E-state index contributed by atoms with van der Waals surface area (Å²) in [5, 5.41) is 8.59. The van der Waals surface area contributed by atoms with E-state index in [1.807, 2.05) is 25.8 Å². The van der Waals surface area contributed by atoms with Crippen LogP contribution in [0.1, 0.15) is 33.6 Å². The van der Waals surface area contributed by atoms with E-state index in [1.165, 1.54) is 0 Å². The summed E-state index contributed by atoms with van der Waals surface area (Å²) in [6, 6.07) is 1.94. The number of likely N-dealkylation sites (N-methyl/N-ethyl adjacent to an activating group) is 1. The molecule has 0 bridgehead atoms. The highest BCUT2D eigenvalue weighted by molar-refractivity contribution is 5.75. The van der Waals surface area contributed by atoms with Gasteiger partial charge < -0.3 is 4.74 Å². The first-order valence-electron chi connectivity index (χ1n) is 5.33. The van der Waals surface area contributed by atoms with Gasteiger partial charge in [0.2, 0.25) is 0 Å². The molecule has 0 aromatic heterocycles. The minimum atomic E-state index is -0.242. The van der Waals surface area contributed by atoms with E-state index in [0.29, 0.717) is 19.4 Å². The Balaban J connectivity index is 4.39. The Labute approximate surface area is 91.8 Å². The van der Waals surface area contributed by atoms with Gasteiger partial charge in [0.15, 0.2) is 0 Å². The van der Waals surface area contributed by atoms with Crippen LogP contribution >= 0.6 is 0 Å². The first kappa shape index (κ1) is 13.9. The van der Waals surface area contributed by atoms with E-state index in [9.17, 15) is 4.79 Å². The predicted octanol–water partition coefficient (Wildman–Crippen LogP) is 1.56. The van der Waals surface area contributed by atoms with Gasteiger partial charge in [-0.2, -0.15) is 5.26 Å². The van der Waals surface area contributed by atoms with Crippen molar-refractivity contribution in [2.24, 2.45) is 0 Å². The predicted molar refractivity (Wildman–Crippen MR) is 58.2 cm³/mol. The highest BCUT2D eigenvalue weighted by Crippen LogP contribution is 2.10. The zero-order valence-corrected chi connectivity index (χ0v) is 9.99. The van der Waals surface area contributed by atoms with Crippen LogP contribution in [0.3, 0.4) is 0 Å². The summed E-state index contributed by atoms with van der Waals surface area (Å²) in [7, 11) is 1.85. The zero-order chi connectivity index (χ0) is 11.8. The van der Waals surface area contributed by atoms with Crippen molar-refractivity contribution in [3.8, 4) is 6.07 Å². The lowest BCUT2D eigenvalue weighted by molar-refractivity contribution is -0.149. The largest absolute Gasteiger partial charge is 0.465 e. The van der Waals surface area contributed by atoms with Gasteiger partial charge in [0.05, 0.1) is 19.1 Å². The molecule has 15 heavy (non-hydrogen) atoms. The molecule has 0 aliphatic rings. The van der Waals surface area contributed by atoms with Crippen LogP contribution in [-0.2, 0) is 9.53 Å². The highest BCUT2D eigenvalue weighted by atomic mass is 16.5. The Morgan fingerprint density at radius 2 is 2.13 bits per heavy atom.